The van der Waals surface area contributed by atoms with E-state index >= 15 is 0 Å². The van der Waals surface area contributed by atoms with E-state index in [1.807, 2.05) is 18.2 Å². The molecule has 2 N–H and O–H groups in total. The zero-order chi connectivity index (χ0) is 13.7. The highest BCUT2D eigenvalue weighted by Gasteiger charge is 2.44. The van der Waals surface area contributed by atoms with E-state index in [-0.39, 0.29) is 17.2 Å². The molecule has 0 unspecified atom stereocenters. The number of benzene rings is 1. The molecule has 0 bridgehead atoms. The summed E-state index contributed by atoms with van der Waals surface area (Å²) in [5.41, 5.74) is 1.45. The van der Waals surface area contributed by atoms with Crippen molar-refractivity contribution in [3.05, 3.63) is 35.9 Å². The Kier molecular flexibility index (Phi) is 4.20. The van der Waals surface area contributed by atoms with Crippen molar-refractivity contribution in [2.45, 2.75) is 31.6 Å². The minimum absolute atomic E-state index is 0.00374. The van der Waals surface area contributed by atoms with Crippen LogP contribution in [0.5, 0.6) is 0 Å². The van der Waals surface area contributed by atoms with Gasteiger partial charge in [-0.15, -0.1) is 0 Å². The van der Waals surface area contributed by atoms with E-state index in [1.165, 1.54) is 12.5 Å². The summed E-state index contributed by atoms with van der Waals surface area (Å²) in [6, 6.07) is 10.3. The van der Waals surface area contributed by atoms with Crippen LogP contribution in [0.1, 0.15) is 31.7 Å². The van der Waals surface area contributed by atoms with Crippen molar-refractivity contribution in [2.24, 2.45) is 0 Å². The van der Waals surface area contributed by atoms with Crippen LogP contribution in [-0.4, -0.2) is 24.9 Å². The van der Waals surface area contributed by atoms with Gasteiger partial charge in [-0.1, -0.05) is 30.3 Å². The molecule has 0 radical (unpaired) electrons. The van der Waals surface area contributed by atoms with E-state index in [1.54, 1.807) is 0 Å². The maximum Gasteiger partial charge on any atom is 0.221 e. The van der Waals surface area contributed by atoms with Crippen molar-refractivity contribution in [3.63, 3.8) is 0 Å². The molecule has 1 aliphatic rings. The Balaban J connectivity index is 1.76. The molecule has 1 aromatic carbocycles. The number of hydrogen-bond donors (Lipinski definition) is 2. The summed E-state index contributed by atoms with van der Waals surface area (Å²) < 4.78 is 0. The van der Waals surface area contributed by atoms with Crippen LogP contribution in [0, 0.1) is 0 Å². The Morgan fingerprint density at radius 3 is 2.42 bits per heavy atom. The van der Waals surface area contributed by atoms with Gasteiger partial charge in [0.15, 0.2) is 0 Å². The first-order valence-electron chi connectivity index (χ1n) is 6.69. The summed E-state index contributed by atoms with van der Waals surface area (Å²) in [4.78, 5) is 22.4. The average molecular weight is 260 g/mol. The van der Waals surface area contributed by atoms with Crippen molar-refractivity contribution >= 4 is 11.8 Å². The van der Waals surface area contributed by atoms with Crippen LogP contribution in [0.3, 0.4) is 0 Å². The molecule has 1 aromatic rings. The molecule has 0 saturated heterocycles. The molecule has 4 nitrogen and oxygen atoms in total. The predicted molar refractivity (Wildman–Crippen MR) is 73.7 cm³/mol. The summed E-state index contributed by atoms with van der Waals surface area (Å²) >= 11 is 0. The summed E-state index contributed by atoms with van der Waals surface area (Å²) in [5.74, 6) is -0.105. The SMILES string of the molecule is CC(=O)NCCC(=O)NCC1(c2ccccc2)CC1. The number of rotatable bonds is 6. The second-order valence-corrected chi connectivity index (χ2v) is 5.16. The van der Waals surface area contributed by atoms with Crippen molar-refractivity contribution in [3.8, 4) is 0 Å². The van der Waals surface area contributed by atoms with Gasteiger partial charge in [0.05, 0.1) is 0 Å². The molecule has 19 heavy (non-hydrogen) atoms. The third-order valence-electron chi connectivity index (χ3n) is 3.59. The predicted octanol–water partition coefficient (Wildman–Crippen LogP) is 1.36. The first-order chi connectivity index (χ1) is 9.12. The first-order valence-corrected chi connectivity index (χ1v) is 6.69. The zero-order valence-electron chi connectivity index (χ0n) is 11.2. The summed E-state index contributed by atoms with van der Waals surface area (Å²) in [6.07, 6.45) is 2.59. The second kappa shape index (κ2) is 5.87. The number of nitrogens with one attached hydrogen (secondary N) is 2. The van der Waals surface area contributed by atoms with E-state index < -0.39 is 0 Å². The lowest BCUT2D eigenvalue weighted by Gasteiger charge is -2.16. The maximum absolute atomic E-state index is 11.7. The number of carbonyl (C=O) groups is 2. The largest absolute Gasteiger partial charge is 0.356 e. The molecule has 1 saturated carbocycles. The van der Waals surface area contributed by atoms with E-state index in [2.05, 4.69) is 22.8 Å². The van der Waals surface area contributed by atoms with Gasteiger partial charge in [0.25, 0.3) is 0 Å². The summed E-state index contributed by atoms with van der Waals surface area (Å²) in [6.45, 7) is 2.54. The van der Waals surface area contributed by atoms with Gasteiger partial charge in [-0.25, -0.2) is 0 Å². The molecule has 0 aromatic heterocycles. The van der Waals surface area contributed by atoms with Crippen LogP contribution in [0.4, 0.5) is 0 Å². The van der Waals surface area contributed by atoms with E-state index in [4.69, 9.17) is 0 Å². The number of hydrogen-bond acceptors (Lipinski definition) is 2. The highest BCUT2D eigenvalue weighted by atomic mass is 16.2. The normalized spacial score (nSPS) is 15.6. The van der Waals surface area contributed by atoms with Crippen molar-refractivity contribution in [1.82, 2.24) is 10.6 Å². The van der Waals surface area contributed by atoms with Gasteiger partial charge in [-0.05, 0) is 18.4 Å². The van der Waals surface area contributed by atoms with Crippen molar-refractivity contribution in [2.75, 3.05) is 13.1 Å². The van der Waals surface area contributed by atoms with Gasteiger partial charge in [0, 0.05) is 31.8 Å². The molecule has 2 amide bonds. The van der Waals surface area contributed by atoms with Gasteiger partial charge in [-0.3, -0.25) is 9.59 Å². The Bertz CT molecular complexity index is 452. The van der Waals surface area contributed by atoms with Gasteiger partial charge >= 0.3 is 0 Å². The van der Waals surface area contributed by atoms with Crippen LogP contribution in [0.2, 0.25) is 0 Å². The Morgan fingerprint density at radius 1 is 1.16 bits per heavy atom. The average Bonchev–Trinajstić information content (AvgIpc) is 3.18. The molecule has 1 aliphatic carbocycles. The monoisotopic (exact) mass is 260 g/mol. The number of amides is 2. The fourth-order valence-electron chi connectivity index (χ4n) is 2.22. The third-order valence-corrected chi connectivity index (χ3v) is 3.59. The lowest BCUT2D eigenvalue weighted by Crippen LogP contribution is -2.34. The van der Waals surface area contributed by atoms with Crippen LogP contribution in [-0.2, 0) is 15.0 Å². The van der Waals surface area contributed by atoms with Gasteiger partial charge in [0.2, 0.25) is 11.8 Å². The smallest absolute Gasteiger partial charge is 0.221 e. The van der Waals surface area contributed by atoms with Gasteiger partial charge in [-0.2, -0.15) is 0 Å². The molecular formula is C15H20N2O2. The van der Waals surface area contributed by atoms with Crippen LogP contribution < -0.4 is 10.6 Å². The Morgan fingerprint density at radius 2 is 1.84 bits per heavy atom. The maximum atomic E-state index is 11.7. The van der Waals surface area contributed by atoms with Crippen LogP contribution in [0.15, 0.2) is 30.3 Å². The highest BCUT2D eigenvalue weighted by molar-refractivity contribution is 5.78. The quantitative estimate of drug-likeness (QED) is 0.811. The van der Waals surface area contributed by atoms with Gasteiger partial charge in [0.1, 0.15) is 0 Å². The second-order valence-electron chi connectivity index (χ2n) is 5.16. The Hall–Kier alpha value is -1.84. The molecule has 0 atom stereocenters. The highest BCUT2D eigenvalue weighted by Crippen LogP contribution is 2.47. The summed E-state index contributed by atoms with van der Waals surface area (Å²) in [7, 11) is 0. The van der Waals surface area contributed by atoms with E-state index in [9.17, 15) is 9.59 Å². The van der Waals surface area contributed by atoms with E-state index in [0.29, 0.717) is 19.5 Å². The van der Waals surface area contributed by atoms with E-state index in [0.717, 1.165) is 12.8 Å². The summed E-state index contributed by atoms with van der Waals surface area (Å²) in [5, 5.41) is 5.59. The van der Waals surface area contributed by atoms with Gasteiger partial charge < -0.3 is 10.6 Å². The van der Waals surface area contributed by atoms with Crippen molar-refractivity contribution < 1.29 is 9.59 Å². The zero-order valence-corrected chi connectivity index (χ0v) is 11.2. The Labute approximate surface area is 113 Å². The first kappa shape index (κ1) is 13.6. The molecular weight excluding hydrogens is 240 g/mol. The van der Waals surface area contributed by atoms with Crippen LogP contribution in [0.25, 0.3) is 0 Å². The third kappa shape index (κ3) is 3.81. The molecule has 0 aliphatic heterocycles. The number of carbonyl (C=O) groups excluding carboxylic acids is 2. The minimum Gasteiger partial charge on any atom is -0.356 e. The molecule has 4 heteroatoms. The minimum atomic E-state index is -0.101. The fourth-order valence-corrected chi connectivity index (χ4v) is 2.22. The molecule has 2 rings (SSSR count). The van der Waals surface area contributed by atoms with Crippen molar-refractivity contribution in [1.29, 1.82) is 0 Å². The molecule has 0 spiro atoms. The van der Waals surface area contributed by atoms with Crippen LogP contribution >= 0.6 is 0 Å². The molecule has 1 fully saturated rings. The molecule has 102 valence electrons. The topological polar surface area (TPSA) is 58.2 Å². The standard InChI is InChI=1S/C15H20N2O2/c1-12(18)16-10-7-14(19)17-11-15(8-9-15)13-5-3-2-4-6-13/h2-6H,7-11H2,1H3,(H,16,18)(H,17,19). The molecule has 0 heterocycles. The lowest BCUT2D eigenvalue weighted by atomic mass is 9.96. The fraction of sp³-hybridized carbons (Fsp3) is 0.467. The lowest BCUT2D eigenvalue weighted by molar-refractivity contribution is -0.121.